The van der Waals surface area contributed by atoms with Gasteiger partial charge in [0.15, 0.2) is 40.6 Å². The molecule has 9 heteroatoms. The molecule has 0 radical (unpaired) electrons. The van der Waals surface area contributed by atoms with Crippen molar-refractivity contribution in [3.63, 3.8) is 0 Å². The van der Waals surface area contributed by atoms with Gasteiger partial charge in [0.05, 0.1) is 5.56 Å². The number of ether oxygens (including phenoxy) is 2. The van der Waals surface area contributed by atoms with Crippen molar-refractivity contribution in [3.05, 3.63) is 65.2 Å². The summed E-state index contributed by atoms with van der Waals surface area (Å²) >= 11 is 0. The molecule has 0 unspecified atom stereocenters. The Kier molecular flexibility index (Phi) is 4.86. The summed E-state index contributed by atoms with van der Waals surface area (Å²) < 4.78 is 11.5. The Morgan fingerprint density at radius 3 is 2.00 bits per heavy atom. The van der Waals surface area contributed by atoms with Crippen molar-refractivity contribution in [1.29, 1.82) is 0 Å². The molecule has 1 aliphatic heterocycles. The molecule has 3 aromatic rings. The van der Waals surface area contributed by atoms with Gasteiger partial charge in [-0.1, -0.05) is 18.2 Å². The summed E-state index contributed by atoms with van der Waals surface area (Å²) in [4.78, 5) is 12.7. The lowest BCUT2D eigenvalue weighted by Gasteiger charge is -2.33. The summed E-state index contributed by atoms with van der Waals surface area (Å²) in [6.07, 6.45) is -1.65. The van der Waals surface area contributed by atoms with E-state index in [1.165, 1.54) is 12.1 Å². The van der Waals surface area contributed by atoms with E-state index in [0.717, 1.165) is 17.7 Å². The number of rotatable bonds is 3. The lowest BCUT2D eigenvalue weighted by Crippen LogP contribution is -2.34. The minimum absolute atomic E-state index is 0.207. The van der Waals surface area contributed by atoms with Crippen molar-refractivity contribution >= 4 is 5.97 Å². The highest BCUT2D eigenvalue weighted by Crippen LogP contribution is 2.43. The van der Waals surface area contributed by atoms with Crippen LogP contribution < -0.4 is 4.74 Å². The number of phenols is 6. The number of hydrogen-bond donors (Lipinski definition) is 6. The first-order chi connectivity index (χ1) is 14.7. The first-order valence-electron chi connectivity index (χ1n) is 9.20. The third-order valence-corrected chi connectivity index (χ3v) is 4.97. The fourth-order valence-electron chi connectivity index (χ4n) is 3.43. The molecule has 1 heterocycles. The summed E-state index contributed by atoms with van der Waals surface area (Å²) in [5.41, 5.74) is 0.790. The monoisotopic (exact) mass is 426 g/mol. The van der Waals surface area contributed by atoms with Gasteiger partial charge in [0, 0.05) is 12.0 Å². The molecule has 0 amide bonds. The number of fused-ring (bicyclic) bond motifs is 1. The standard InChI is InChI=1S/C22H18O9/c23-13-5-11(6-14(24)19(13)27)21-18(9-10-3-1-2-4-17(10)30-21)31-22(29)12-7-15(25)20(28)16(26)8-12/h1-8,18,21,23-28H,9H2/t18-,21-/m0/s1. The van der Waals surface area contributed by atoms with Crippen molar-refractivity contribution in [2.45, 2.75) is 18.6 Å². The summed E-state index contributed by atoms with van der Waals surface area (Å²) in [6, 6.07) is 11.3. The Hall–Kier alpha value is -4.27. The van der Waals surface area contributed by atoms with E-state index in [4.69, 9.17) is 9.47 Å². The van der Waals surface area contributed by atoms with Crippen LogP contribution in [0.5, 0.6) is 40.2 Å². The molecule has 1 aliphatic rings. The topological polar surface area (TPSA) is 157 Å². The second-order valence-electron chi connectivity index (χ2n) is 7.06. The number of phenolic OH excluding ortho intramolecular Hbond substituents is 6. The van der Waals surface area contributed by atoms with Crippen LogP contribution in [0.2, 0.25) is 0 Å². The number of carbonyl (C=O) groups excluding carboxylic acids is 1. The molecule has 0 bridgehead atoms. The van der Waals surface area contributed by atoms with Crippen LogP contribution >= 0.6 is 0 Å². The SMILES string of the molecule is O=C(O[C@H]1Cc2ccccc2O[C@H]1c1cc(O)c(O)c(O)c1)c1cc(O)c(O)c(O)c1. The van der Waals surface area contributed by atoms with Gasteiger partial charge in [-0.2, -0.15) is 0 Å². The van der Waals surface area contributed by atoms with Crippen LogP contribution in [0.3, 0.4) is 0 Å². The van der Waals surface area contributed by atoms with Gasteiger partial charge < -0.3 is 40.1 Å². The van der Waals surface area contributed by atoms with Crippen LogP contribution in [0.1, 0.15) is 27.6 Å². The molecule has 9 nitrogen and oxygen atoms in total. The van der Waals surface area contributed by atoms with Crippen LogP contribution in [-0.4, -0.2) is 42.7 Å². The van der Waals surface area contributed by atoms with E-state index in [2.05, 4.69) is 0 Å². The van der Waals surface area contributed by atoms with E-state index in [0.29, 0.717) is 5.75 Å². The molecular weight excluding hydrogens is 408 g/mol. The van der Waals surface area contributed by atoms with Gasteiger partial charge in [-0.25, -0.2) is 4.79 Å². The minimum atomic E-state index is -0.949. The fourth-order valence-corrected chi connectivity index (χ4v) is 3.43. The average molecular weight is 426 g/mol. The van der Waals surface area contributed by atoms with Crippen molar-refractivity contribution < 1.29 is 44.9 Å². The highest BCUT2D eigenvalue weighted by Gasteiger charge is 2.35. The lowest BCUT2D eigenvalue weighted by atomic mass is 9.94. The maximum atomic E-state index is 12.7. The number of hydrogen-bond acceptors (Lipinski definition) is 9. The largest absolute Gasteiger partial charge is 0.504 e. The predicted molar refractivity (Wildman–Crippen MR) is 106 cm³/mol. The summed E-state index contributed by atoms with van der Waals surface area (Å²) in [6.45, 7) is 0. The molecule has 0 saturated heterocycles. The molecule has 3 aromatic carbocycles. The number of para-hydroxylation sites is 1. The predicted octanol–water partition coefficient (Wildman–Crippen LogP) is 2.82. The van der Waals surface area contributed by atoms with Crippen molar-refractivity contribution in [2.24, 2.45) is 0 Å². The van der Waals surface area contributed by atoms with E-state index in [9.17, 15) is 35.4 Å². The maximum Gasteiger partial charge on any atom is 0.338 e. The number of esters is 1. The number of aromatic hydroxyl groups is 6. The third kappa shape index (κ3) is 3.68. The van der Waals surface area contributed by atoms with Gasteiger partial charge in [0.25, 0.3) is 0 Å². The Balaban J connectivity index is 1.70. The average Bonchev–Trinajstić information content (AvgIpc) is 2.74. The van der Waals surface area contributed by atoms with E-state index < -0.39 is 52.7 Å². The molecule has 2 atom stereocenters. The Morgan fingerprint density at radius 1 is 0.839 bits per heavy atom. The highest BCUT2D eigenvalue weighted by molar-refractivity contribution is 5.91. The van der Waals surface area contributed by atoms with Crippen LogP contribution in [0, 0.1) is 0 Å². The summed E-state index contributed by atoms with van der Waals surface area (Å²) in [5, 5.41) is 58.2. The van der Waals surface area contributed by atoms with Crippen LogP contribution in [-0.2, 0) is 11.2 Å². The smallest absolute Gasteiger partial charge is 0.338 e. The van der Waals surface area contributed by atoms with E-state index >= 15 is 0 Å². The molecule has 4 rings (SSSR count). The zero-order valence-electron chi connectivity index (χ0n) is 15.9. The zero-order chi connectivity index (χ0) is 22.3. The Morgan fingerprint density at radius 2 is 1.39 bits per heavy atom. The van der Waals surface area contributed by atoms with Gasteiger partial charge >= 0.3 is 5.97 Å². The van der Waals surface area contributed by atoms with Gasteiger partial charge in [-0.3, -0.25) is 0 Å². The zero-order valence-corrected chi connectivity index (χ0v) is 15.9. The van der Waals surface area contributed by atoms with E-state index in [1.807, 2.05) is 0 Å². The highest BCUT2D eigenvalue weighted by atomic mass is 16.6. The van der Waals surface area contributed by atoms with Crippen LogP contribution in [0.25, 0.3) is 0 Å². The second kappa shape index (κ2) is 7.52. The first-order valence-corrected chi connectivity index (χ1v) is 9.20. The maximum absolute atomic E-state index is 12.7. The number of carbonyl (C=O) groups is 1. The lowest BCUT2D eigenvalue weighted by molar-refractivity contribution is -0.0184. The second-order valence-corrected chi connectivity index (χ2v) is 7.06. The quantitative estimate of drug-likeness (QED) is 0.274. The van der Waals surface area contributed by atoms with Crippen LogP contribution in [0.4, 0.5) is 0 Å². The molecule has 0 spiro atoms. The molecular formula is C22H18O9. The number of benzene rings is 3. The van der Waals surface area contributed by atoms with E-state index in [1.54, 1.807) is 24.3 Å². The molecule has 6 N–H and O–H groups in total. The van der Waals surface area contributed by atoms with Crippen LogP contribution in [0.15, 0.2) is 48.5 Å². The Labute approximate surface area is 175 Å². The van der Waals surface area contributed by atoms with Gasteiger partial charge in [0.1, 0.15) is 11.9 Å². The summed E-state index contributed by atoms with van der Waals surface area (Å²) in [5.74, 6) is -4.37. The normalized spacial score (nSPS) is 17.4. The van der Waals surface area contributed by atoms with Gasteiger partial charge in [-0.05, 0) is 35.9 Å². The molecule has 0 fully saturated rings. The minimum Gasteiger partial charge on any atom is -0.504 e. The molecule has 0 saturated carbocycles. The van der Waals surface area contributed by atoms with Crippen molar-refractivity contribution in [3.8, 4) is 40.2 Å². The van der Waals surface area contributed by atoms with Crippen molar-refractivity contribution in [2.75, 3.05) is 0 Å². The first kappa shape index (κ1) is 20.0. The third-order valence-electron chi connectivity index (χ3n) is 4.97. The molecule has 0 aliphatic carbocycles. The van der Waals surface area contributed by atoms with Gasteiger partial charge in [-0.15, -0.1) is 0 Å². The molecule has 0 aromatic heterocycles. The summed E-state index contributed by atoms with van der Waals surface area (Å²) in [7, 11) is 0. The van der Waals surface area contributed by atoms with E-state index in [-0.39, 0.29) is 17.5 Å². The Bertz CT molecular complexity index is 1130. The van der Waals surface area contributed by atoms with Crippen molar-refractivity contribution in [1.82, 2.24) is 0 Å². The molecule has 160 valence electrons. The fraction of sp³-hybridized carbons (Fsp3) is 0.136. The molecule has 31 heavy (non-hydrogen) atoms. The van der Waals surface area contributed by atoms with Gasteiger partial charge in [0.2, 0.25) is 0 Å².